The van der Waals surface area contributed by atoms with Gasteiger partial charge in [0.2, 0.25) is 0 Å². The maximum Gasteiger partial charge on any atom is 0.0661 e. The number of aliphatic hydroxyl groups excluding tert-OH is 1. The summed E-state index contributed by atoms with van der Waals surface area (Å²) in [5.74, 6) is 1.23. The third kappa shape index (κ3) is 4.19. The van der Waals surface area contributed by atoms with Gasteiger partial charge in [-0.05, 0) is 38.4 Å². The van der Waals surface area contributed by atoms with E-state index < -0.39 is 0 Å². The zero-order valence-electron chi connectivity index (χ0n) is 8.46. The normalized spacial score (nSPS) is 25.5. The van der Waals surface area contributed by atoms with Crippen molar-refractivity contribution in [3.05, 3.63) is 12.2 Å². The molecule has 0 spiro atoms. The fourth-order valence-electron chi connectivity index (χ4n) is 1.65. The number of allylic oxidation sites excluding steroid dienone is 1. The molecule has 2 heteroatoms. The van der Waals surface area contributed by atoms with Crippen molar-refractivity contribution in [1.82, 2.24) is 0 Å². The first-order chi connectivity index (χ1) is 6.20. The van der Waals surface area contributed by atoms with Crippen molar-refractivity contribution in [2.24, 2.45) is 0 Å². The van der Waals surface area contributed by atoms with Gasteiger partial charge in [0.25, 0.3) is 0 Å². The maximum atomic E-state index is 9.86. The quantitative estimate of drug-likeness (QED) is 0.704. The van der Waals surface area contributed by atoms with Crippen molar-refractivity contribution >= 4 is 11.8 Å². The first kappa shape index (κ1) is 11.1. The molecule has 76 valence electrons. The molecule has 0 aromatic heterocycles. The summed E-state index contributed by atoms with van der Waals surface area (Å²) in [5.41, 5.74) is 1.18. The summed E-state index contributed by atoms with van der Waals surface area (Å²) in [6.45, 7) is 5.88. The topological polar surface area (TPSA) is 20.2 Å². The van der Waals surface area contributed by atoms with Crippen LogP contribution in [-0.2, 0) is 0 Å². The molecule has 0 aliphatic carbocycles. The van der Waals surface area contributed by atoms with E-state index in [0.29, 0.717) is 5.25 Å². The van der Waals surface area contributed by atoms with E-state index in [2.05, 4.69) is 6.58 Å². The first-order valence-corrected chi connectivity index (χ1v) is 6.19. The molecule has 13 heavy (non-hydrogen) atoms. The molecule has 0 saturated carbocycles. The second kappa shape index (κ2) is 5.71. The van der Waals surface area contributed by atoms with Gasteiger partial charge in [0.15, 0.2) is 0 Å². The Balaban J connectivity index is 2.20. The average Bonchev–Trinajstić information content (AvgIpc) is 2.15. The molecule has 0 aromatic rings. The lowest BCUT2D eigenvalue weighted by Gasteiger charge is -2.26. The minimum Gasteiger partial charge on any atom is -0.392 e. The predicted octanol–water partition coefficient (Wildman–Crippen LogP) is 2.99. The molecule has 2 unspecified atom stereocenters. The average molecular weight is 200 g/mol. The summed E-state index contributed by atoms with van der Waals surface area (Å²) in [4.78, 5) is 0. The van der Waals surface area contributed by atoms with E-state index in [4.69, 9.17) is 0 Å². The second-order valence-electron chi connectivity index (χ2n) is 3.97. The van der Waals surface area contributed by atoms with Crippen LogP contribution in [0.1, 0.15) is 39.0 Å². The minimum absolute atomic E-state index is 0.109. The van der Waals surface area contributed by atoms with Crippen molar-refractivity contribution in [1.29, 1.82) is 0 Å². The Morgan fingerprint density at radius 1 is 1.62 bits per heavy atom. The molecule has 1 saturated heterocycles. The number of hydrogen-bond acceptors (Lipinski definition) is 2. The van der Waals surface area contributed by atoms with Gasteiger partial charge in [-0.15, -0.1) is 6.58 Å². The van der Waals surface area contributed by atoms with Crippen molar-refractivity contribution in [3.8, 4) is 0 Å². The molecule has 0 radical (unpaired) electrons. The van der Waals surface area contributed by atoms with Crippen LogP contribution in [0.2, 0.25) is 0 Å². The molecule has 0 aromatic carbocycles. The Labute approximate surface area is 85.6 Å². The van der Waals surface area contributed by atoms with Crippen molar-refractivity contribution in [2.75, 3.05) is 5.75 Å². The fourth-order valence-corrected chi connectivity index (χ4v) is 3.01. The highest BCUT2D eigenvalue weighted by Crippen LogP contribution is 2.29. The largest absolute Gasteiger partial charge is 0.392 e. The summed E-state index contributed by atoms with van der Waals surface area (Å²) in [6.07, 6.45) is 5.57. The van der Waals surface area contributed by atoms with E-state index in [0.717, 1.165) is 12.8 Å². The van der Waals surface area contributed by atoms with Gasteiger partial charge in [-0.3, -0.25) is 0 Å². The standard InChI is InChI=1S/C11H20OS/c1-9(2)6-7-10(12)11-5-3-4-8-13-11/h10-12H,1,3-8H2,2H3. The monoisotopic (exact) mass is 200 g/mol. The molecule has 1 aliphatic rings. The Morgan fingerprint density at radius 2 is 2.38 bits per heavy atom. The fraction of sp³-hybridized carbons (Fsp3) is 0.818. The molecule has 0 bridgehead atoms. The van der Waals surface area contributed by atoms with E-state index in [1.165, 1.54) is 30.6 Å². The molecule has 1 heterocycles. The third-order valence-electron chi connectivity index (χ3n) is 2.51. The molecular formula is C11H20OS. The van der Waals surface area contributed by atoms with Crippen LogP contribution in [0.15, 0.2) is 12.2 Å². The molecule has 1 nitrogen and oxygen atoms in total. The van der Waals surface area contributed by atoms with Crippen LogP contribution >= 0.6 is 11.8 Å². The van der Waals surface area contributed by atoms with Crippen molar-refractivity contribution < 1.29 is 5.11 Å². The predicted molar refractivity (Wildman–Crippen MR) is 60.2 cm³/mol. The smallest absolute Gasteiger partial charge is 0.0661 e. The van der Waals surface area contributed by atoms with E-state index in [9.17, 15) is 5.11 Å². The van der Waals surface area contributed by atoms with Gasteiger partial charge in [-0.25, -0.2) is 0 Å². The van der Waals surface area contributed by atoms with Gasteiger partial charge in [0.05, 0.1) is 6.10 Å². The Morgan fingerprint density at radius 3 is 2.92 bits per heavy atom. The van der Waals surface area contributed by atoms with Gasteiger partial charge in [0, 0.05) is 5.25 Å². The highest BCUT2D eigenvalue weighted by Gasteiger charge is 2.21. The SMILES string of the molecule is C=C(C)CCC(O)C1CCCCS1. The van der Waals surface area contributed by atoms with E-state index in [1.54, 1.807) is 0 Å². The summed E-state index contributed by atoms with van der Waals surface area (Å²) in [6, 6.07) is 0. The number of thioether (sulfide) groups is 1. The first-order valence-electron chi connectivity index (χ1n) is 5.14. The van der Waals surface area contributed by atoms with Gasteiger partial charge in [-0.2, -0.15) is 11.8 Å². The maximum absolute atomic E-state index is 9.86. The zero-order valence-corrected chi connectivity index (χ0v) is 9.28. The van der Waals surface area contributed by atoms with E-state index >= 15 is 0 Å². The molecule has 1 N–H and O–H groups in total. The van der Waals surface area contributed by atoms with Gasteiger partial charge in [-0.1, -0.05) is 12.0 Å². The summed E-state index contributed by atoms with van der Waals surface area (Å²) < 4.78 is 0. The van der Waals surface area contributed by atoms with Crippen molar-refractivity contribution in [2.45, 2.75) is 50.4 Å². The van der Waals surface area contributed by atoms with E-state index in [1.807, 2.05) is 18.7 Å². The van der Waals surface area contributed by atoms with Crippen LogP contribution in [0, 0.1) is 0 Å². The molecule has 2 atom stereocenters. The van der Waals surface area contributed by atoms with Crippen LogP contribution in [0.25, 0.3) is 0 Å². The molecule has 1 aliphatic heterocycles. The number of aliphatic hydroxyl groups is 1. The lowest BCUT2D eigenvalue weighted by atomic mass is 10.0. The molecule has 0 amide bonds. The van der Waals surface area contributed by atoms with E-state index in [-0.39, 0.29) is 6.10 Å². The van der Waals surface area contributed by atoms with Crippen LogP contribution in [0.4, 0.5) is 0 Å². The van der Waals surface area contributed by atoms with Gasteiger partial charge >= 0.3 is 0 Å². The zero-order chi connectivity index (χ0) is 9.68. The molecule has 1 rings (SSSR count). The lowest BCUT2D eigenvalue weighted by Crippen LogP contribution is -2.25. The van der Waals surface area contributed by atoms with Crippen molar-refractivity contribution in [3.63, 3.8) is 0 Å². The summed E-state index contributed by atoms with van der Waals surface area (Å²) in [5, 5.41) is 10.4. The van der Waals surface area contributed by atoms with Gasteiger partial charge < -0.3 is 5.11 Å². The van der Waals surface area contributed by atoms with Crippen LogP contribution in [0.3, 0.4) is 0 Å². The summed E-state index contributed by atoms with van der Waals surface area (Å²) >= 11 is 1.94. The second-order valence-corrected chi connectivity index (χ2v) is 5.32. The lowest BCUT2D eigenvalue weighted by molar-refractivity contribution is 0.156. The Bertz CT molecular complexity index is 161. The van der Waals surface area contributed by atoms with Crippen LogP contribution in [-0.4, -0.2) is 22.2 Å². The number of rotatable bonds is 4. The summed E-state index contributed by atoms with van der Waals surface area (Å²) in [7, 11) is 0. The number of hydrogen-bond donors (Lipinski definition) is 1. The molecule has 1 fully saturated rings. The molecular weight excluding hydrogens is 180 g/mol. The highest BCUT2D eigenvalue weighted by atomic mass is 32.2. The Hall–Kier alpha value is 0.0500. The van der Waals surface area contributed by atoms with Crippen LogP contribution < -0.4 is 0 Å². The minimum atomic E-state index is -0.109. The van der Waals surface area contributed by atoms with Crippen LogP contribution in [0.5, 0.6) is 0 Å². The van der Waals surface area contributed by atoms with Gasteiger partial charge in [0.1, 0.15) is 0 Å². The highest BCUT2D eigenvalue weighted by molar-refractivity contribution is 8.00. The Kier molecular flexibility index (Phi) is 4.89. The third-order valence-corrected chi connectivity index (χ3v) is 4.01.